The van der Waals surface area contributed by atoms with E-state index in [0.717, 1.165) is 18.7 Å². The van der Waals surface area contributed by atoms with Crippen LogP contribution in [0.1, 0.15) is 32.3 Å². The van der Waals surface area contributed by atoms with Crippen molar-refractivity contribution in [1.29, 1.82) is 0 Å². The largest absolute Gasteiger partial charge is 0.744 e. The molecule has 1 aromatic carbocycles. The minimum Gasteiger partial charge on any atom is -0.744 e. The van der Waals surface area contributed by atoms with Crippen LogP contribution in [0.3, 0.4) is 0 Å². The lowest BCUT2D eigenvalue weighted by atomic mass is 10.2. The van der Waals surface area contributed by atoms with Gasteiger partial charge in [-0.1, -0.05) is 31.0 Å². The molecule has 6 heteroatoms. The molecule has 0 N–H and O–H groups in total. The standard InChI is InChI=1S/C9H17N2.C7H8O3S/c1-3-5-6-11-8-7-10(4-2)9-11;1-6-2-4-7(5-3-6)11(8,9)10/h7-9H,3-6H2,1-2H3;2-5H,1H3,(H,8,9,10)/q+1;/p-1. The summed E-state index contributed by atoms with van der Waals surface area (Å²) >= 11 is 0. The zero-order valence-electron chi connectivity index (χ0n) is 13.4. The van der Waals surface area contributed by atoms with Gasteiger partial charge in [0.05, 0.1) is 18.0 Å². The van der Waals surface area contributed by atoms with Crippen LogP contribution < -0.4 is 4.57 Å². The highest BCUT2D eigenvalue weighted by Gasteiger charge is 1.99. The minimum absolute atomic E-state index is 0.178. The summed E-state index contributed by atoms with van der Waals surface area (Å²) in [6, 6.07) is 5.78. The van der Waals surface area contributed by atoms with Gasteiger partial charge in [-0.3, -0.25) is 0 Å². The molecule has 2 rings (SSSR count). The topological polar surface area (TPSA) is 66.0 Å². The summed E-state index contributed by atoms with van der Waals surface area (Å²) in [6.45, 7) is 8.42. The summed E-state index contributed by atoms with van der Waals surface area (Å²) in [4.78, 5) is -0.178. The molecular weight excluding hydrogens is 300 g/mol. The average Bonchev–Trinajstić information content (AvgIpc) is 2.93. The Balaban J connectivity index is 0.000000220. The highest BCUT2D eigenvalue weighted by atomic mass is 32.2. The van der Waals surface area contributed by atoms with Gasteiger partial charge in [0.15, 0.2) is 0 Å². The molecule has 122 valence electrons. The number of unbranched alkanes of at least 4 members (excludes halogenated alkanes) is 1. The van der Waals surface area contributed by atoms with Gasteiger partial charge < -0.3 is 4.55 Å². The summed E-state index contributed by atoms with van der Waals surface area (Å²) < 4.78 is 35.6. The van der Waals surface area contributed by atoms with E-state index in [1.807, 2.05) is 6.92 Å². The third-order valence-electron chi connectivity index (χ3n) is 3.19. The van der Waals surface area contributed by atoms with Gasteiger partial charge in [-0.05, 0) is 32.4 Å². The van der Waals surface area contributed by atoms with Crippen LogP contribution in [0.25, 0.3) is 0 Å². The van der Waals surface area contributed by atoms with E-state index in [9.17, 15) is 13.0 Å². The molecule has 0 radical (unpaired) electrons. The van der Waals surface area contributed by atoms with Gasteiger partial charge >= 0.3 is 0 Å². The zero-order chi connectivity index (χ0) is 16.6. The van der Waals surface area contributed by atoms with Gasteiger partial charge in [0.1, 0.15) is 22.5 Å². The van der Waals surface area contributed by atoms with Crippen LogP contribution in [0.15, 0.2) is 47.9 Å². The summed E-state index contributed by atoms with van der Waals surface area (Å²) in [7, 11) is -4.27. The number of hydrogen-bond acceptors (Lipinski definition) is 3. The number of nitrogens with zero attached hydrogens (tertiary/aromatic N) is 2. The average molecular weight is 324 g/mol. The van der Waals surface area contributed by atoms with Crippen LogP contribution in [0.5, 0.6) is 0 Å². The molecule has 0 aliphatic heterocycles. The Labute approximate surface area is 133 Å². The Bertz CT molecular complexity index is 661. The van der Waals surface area contributed by atoms with Crippen molar-refractivity contribution in [3.8, 4) is 0 Å². The Morgan fingerprint density at radius 3 is 2.27 bits per heavy atom. The van der Waals surface area contributed by atoms with Gasteiger partial charge in [0.2, 0.25) is 6.33 Å². The fraction of sp³-hybridized carbons (Fsp3) is 0.438. The Hall–Kier alpha value is -1.66. The van der Waals surface area contributed by atoms with Crippen LogP contribution in [0, 0.1) is 6.92 Å². The molecule has 0 fully saturated rings. The molecule has 1 aromatic heterocycles. The summed E-state index contributed by atoms with van der Waals surface area (Å²) in [5.74, 6) is 0. The Morgan fingerprint density at radius 1 is 1.18 bits per heavy atom. The smallest absolute Gasteiger partial charge is 0.243 e. The first-order valence-corrected chi connectivity index (χ1v) is 8.85. The number of hydrogen-bond donors (Lipinski definition) is 0. The third-order valence-corrected chi connectivity index (χ3v) is 4.04. The monoisotopic (exact) mass is 324 g/mol. The minimum atomic E-state index is -4.27. The van der Waals surface area contributed by atoms with Gasteiger partial charge in [0.25, 0.3) is 0 Å². The van der Waals surface area contributed by atoms with Gasteiger partial charge in [-0.25, -0.2) is 17.6 Å². The predicted molar refractivity (Wildman–Crippen MR) is 84.4 cm³/mol. The number of aryl methyl sites for hydroxylation is 3. The summed E-state index contributed by atoms with van der Waals surface area (Å²) in [5.41, 5.74) is 0.928. The second-order valence-corrected chi connectivity index (χ2v) is 6.48. The lowest BCUT2D eigenvalue weighted by Gasteiger charge is -2.05. The quantitative estimate of drug-likeness (QED) is 0.627. The molecular formula is C16H24N2O3S. The van der Waals surface area contributed by atoms with E-state index in [4.69, 9.17) is 0 Å². The van der Waals surface area contributed by atoms with E-state index < -0.39 is 10.1 Å². The molecule has 0 aliphatic carbocycles. The molecule has 22 heavy (non-hydrogen) atoms. The fourth-order valence-electron chi connectivity index (χ4n) is 1.80. The first-order chi connectivity index (χ1) is 10.4. The van der Waals surface area contributed by atoms with Crippen LogP contribution in [0.4, 0.5) is 0 Å². The molecule has 0 atom stereocenters. The number of imidazole rings is 1. The molecule has 5 nitrogen and oxygen atoms in total. The van der Waals surface area contributed by atoms with Crippen molar-refractivity contribution in [2.75, 3.05) is 0 Å². The Kier molecular flexibility index (Phi) is 7.27. The van der Waals surface area contributed by atoms with Crippen LogP contribution in [-0.4, -0.2) is 17.5 Å². The van der Waals surface area contributed by atoms with Gasteiger partial charge in [-0.2, -0.15) is 0 Å². The first-order valence-electron chi connectivity index (χ1n) is 7.44. The fourth-order valence-corrected chi connectivity index (χ4v) is 2.27. The molecule has 0 amide bonds. The molecule has 0 unspecified atom stereocenters. The van der Waals surface area contributed by atoms with Crippen molar-refractivity contribution in [2.24, 2.45) is 0 Å². The first kappa shape index (κ1) is 18.4. The number of rotatable bonds is 5. The molecule has 0 saturated heterocycles. The van der Waals surface area contributed by atoms with Crippen molar-refractivity contribution in [3.05, 3.63) is 48.5 Å². The highest BCUT2D eigenvalue weighted by molar-refractivity contribution is 7.85. The van der Waals surface area contributed by atoms with Crippen molar-refractivity contribution in [1.82, 2.24) is 4.57 Å². The highest BCUT2D eigenvalue weighted by Crippen LogP contribution is 2.08. The molecule has 2 aromatic rings. The lowest BCUT2D eigenvalue weighted by Crippen LogP contribution is -2.30. The second-order valence-electron chi connectivity index (χ2n) is 5.10. The predicted octanol–water partition coefficient (Wildman–Crippen LogP) is 2.49. The third kappa shape index (κ3) is 6.41. The maximum Gasteiger partial charge on any atom is 0.243 e. The Morgan fingerprint density at radius 2 is 1.82 bits per heavy atom. The normalized spacial score (nSPS) is 10.9. The van der Waals surface area contributed by atoms with E-state index in [0.29, 0.717) is 0 Å². The molecule has 0 aliphatic rings. The maximum absolute atomic E-state index is 10.4. The van der Waals surface area contributed by atoms with Crippen molar-refractivity contribution >= 4 is 10.1 Å². The summed E-state index contributed by atoms with van der Waals surface area (Å²) in [5, 5.41) is 0. The van der Waals surface area contributed by atoms with Gasteiger partial charge in [0, 0.05) is 0 Å². The van der Waals surface area contributed by atoms with E-state index in [1.54, 1.807) is 12.1 Å². The van der Waals surface area contributed by atoms with E-state index >= 15 is 0 Å². The van der Waals surface area contributed by atoms with Gasteiger partial charge in [-0.15, -0.1) is 0 Å². The molecule has 1 heterocycles. The molecule has 0 saturated carbocycles. The van der Waals surface area contributed by atoms with Crippen LogP contribution in [0.2, 0.25) is 0 Å². The van der Waals surface area contributed by atoms with Crippen molar-refractivity contribution in [3.63, 3.8) is 0 Å². The van der Waals surface area contributed by atoms with E-state index in [1.165, 1.54) is 25.0 Å². The van der Waals surface area contributed by atoms with Crippen molar-refractivity contribution in [2.45, 2.75) is 51.6 Å². The SMILES string of the molecule is CCCC[n+]1ccn(CC)c1.Cc1ccc(S(=O)(=O)[O-])cc1. The number of aromatic nitrogens is 2. The molecule has 0 spiro atoms. The maximum atomic E-state index is 10.4. The summed E-state index contributed by atoms with van der Waals surface area (Å²) in [6.07, 6.45) is 8.97. The zero-order valence-corrected chi connectivity index (χ0v) is 14.2. The van der Waals surface area contributed by atoms with Crippen LogP contribution >= 0.6 is 0 Å². The number of benzene rings is 1. The second kappa shape index (κ2) is 8.70. The lowest BCUT2D eigenvalue weighted by molar-refractivity contribution is -0.696. The van der Waals surface area contributed by atoms with Crippen LogP contribution in [-0.2, 0) is 23.2 Å². The van der Waals surface area contributed by atoms with E-state index in [-0.39, 0.29) is 4.90 Å². The van der Waals surface area contributed by atoms with Crippen molar-refractivity contribution < 1.29 is 17.5 Å². The molecule has 0 bridgehead atoms. The van der Waals surface area contributed by atoms with E-state index in [2.05, 4.69) is 41.7 Å².